The number of para-hydroxylation sites is 1. The van der Waals surface area contributed by atoms with Crippen LogP contribution >= 0.6 is 0 Å². The summed E-state index contributed by atoms with van der Waals surface area (Å²) >= 11 is 0. The summed E-state index contributed by atoms with van der Waals surface area (Å²) in [6.07, 6.45) is 5.78. The second kappa shape index (κ2) is 9.64. The molecule has 0 aliphatic rings. The van der Waals surface area contributed by atoms with Gasteiger partial charge in [0.2, 0.25) is 5.91 Å². The molecule has 3 rings (SSSR count). The highest BCUT2D eigenvalue weighted by Gasteiger charge is 2.18. The quantitative estimate of drug-likeness (QED) is 0.481. The molecule has 7 nitrogen and oxygen atoms in total. The highest BCUT2D eigenvalue weighted by Crippen LogP contribution is 2.21. The summed E-state index contributed by atoms with van der Waals surface area (Å²) in [5.74, 6) is -0.655. The molecule has 150 valence electrons. The maximum absolute atomic E-state index is 12.4. The van der Waals surface area contributed by atoms with E-state index in [2.05, 4.69) is 15.3 Å². The number of aryl methyl sites for hydroxylation is 1. The zero-order valence-electron chi connectivity index (χ0n) is 16.0. The molecule has 0 aliphatic heterocycles. The van der Waals surface area contributed by atoms with Crippen molar-refractivity contribution in [3.8, 4) is 0 Å². The first kappa shape index (κ1) is 20.3. The number of unbranched alkanes of at least 4 members (excludes halogenated alkanes) is 1. The van der Waals surface area contributed by atoms with Crippen LogP contribution in [0.25, 0.3) is 10.9 Å². The summed E-state index contributed by atoms with van der Waals surface area (Å²) in [4.78, 5) is 32.0. The number of aliphatic carboxylic acids is 1. The van der Waals surface area contributed by atoms with E-state index in [4.69, 9.17) is 5.73 Å². The highest BCUT2D eigenvalue weighted by atomic mass is 16.4. The fraction of sp³-hybridized carbons (Fsp3) is 0.273. The molecule has 0 bridgehead atoms. The van der Waals surface area contributed by atoms with Gasteiger partial charge in [-0.1, -0.05) is 18.2 Å². The van der Waals surface area contributed by atoms with Crippen LogP contribution in [0, 0.1) is 0 Å². The summed E-state index contributed by atoms with van der Waals surface area (Å²) in [7, 11) is 0. The van der Waals surface area contributed by atoms with E-state index in [9.17, 15) is 14.7 Å². The van der Waals surface area contributed by atoms with E-state index in [1.54, 1.807) is 12.4 Å². The van der Waals surface area contributed by atoms with Gasteiger partial charge in [-0.2, -0.15) is 0 Å². The highest BCUT2D eigenvalue weighted by molar-refractivity contribution is 5.80. The van der Waals surface area contributed by atoms with Crippen molar-refractivity contribution >= 4 is 28.6 Å². The summed E-state index contributed by atoms with van der Waals surface area (Å²) in [5, 5.41) is 13.0. The number of nitrogens with one attached hydrogen (secondary N) is 1. The molecule has 0 fully saturated rings. The molecule has 2 aromatic heterocycles. The molecular formula is C22H24N4O3. The maximum Gasteiger partial charge on any atom is 0.305 e. The third-order valence-corrected chi connectivity index (χ3v) is 4.69. The summed E-state index contributed by atoms with van der Waals surface area (Å²) < 4.78 is 0. The molecule has 3 aromatic rings. The first-order valence-electron chi connectivity index (χ1n) is 9.57. The van der Waals surface area contributed by atoms with Gasteiger partial charge in [-0.25, -0.2) is 4.98 Å². The predicted octanol–water partition coefficient (Wildman–Crippen LogP) is 3.26. The Labute approximate surface area is 169 Å². The zero-order chi connectivity index (χ0) is 20.6. The van der Waals surface area contributed by atoms with Crippen molar-refractivity contribution in [1.82, 2.24) is 15.3 Å². The van der Waals surface area contributed by atoms with Crippen LogP contribution in [-0.4, -0.2) is 27.0 Å². The number of pyridine rings is 2. The SMILES string of the molecule is Nc1cc(CCCCC(=O)NC(CC(=O)O)c2cnc3ccccc3c2)ccn1. The number of carbonyl (C=O) groups is 2. The van der Waals surface area contributed by atoms with Gasteiger partial charge in [-0.15, -0.1) is 0 Å². The average Bonchev–Trinajstić information content (AvgIpc) is 2.70. The lowest BCUT2D eigenvalue weighted by molar-refractivity contribution is -0.137. The van der Waals surface area contributed by atoms with E-state index in [1.807, 2.05) is 42.5 Å². The molecule has 0 radical (unpaired) electrons. The molecule has 1 atom stereocenters. The summed E-state index contributed by atoms with van der Waals surface area (Å²) in [6.45, 7) is 0. The Hall–Kier alpha value is -3.48. The fourth-order valence-corrected chi connectivity index (χ4v) is 3.24. The number of nitrogens with two attached hydrogens (primary N) is 1. The van der Waals surface area contributed by atoms with Crippen LogP contribution in [0.1, 0.15) is 42.9 Å². The van der Waals surface area contributed by atoms with Gasteiger partial charge >= 0.3 is 5.97 Å². The molecule has 1 unspecified atom stereocenters. The van der Waals surface area contributed by atoms with E-state index in [0.717, 1.165) is 29.3 Å². The first-order valence-corrected chi connectivity index (χ1v) is 9.57. The van der Waals surface area contributed by atoms with Crippen molar-refractivity contribution in [2.24, 2.45) is 0 Å². The summed E-state index contributed by atoms with van der Waals surface area (Å²) in [6, 6.07) is 12.6. The Morgan fingerprint density at radius 2 is 1.93 bits per heavy atom. The molecule has 0 saturated heterocycles. The van der Waals surface area contributed by atoms with Crippen molar-refractivity contribution in [2.75, 3.05) is 5.73 Å². The number of carboxylic acids is 1. The lowest BCUT2D eigenvalue weighted by atomic mass is 10.0. The molecule has 0 saturated carbocycles. The number of amides is 1. The zero-order valence-corrected chi connectivity index (χ0v) is 16.0. The number of carbonyl (C=O) groups excluding carboxylic acids is 1. The van der Waals surface area contributed by atoms with Crippen LogP contribution in [0.3, 0.4) is 0 Å². The van der Waals surface area contributed by atoms with Gasteiger partial charge in [0.25, 0.3) is 0 Å². The van der Waals surface area contributed by atoms with Crippen molar-refractivity contribution in [2.45, 2.75) is 38.1 Å². The molecule has 7 heteroatoms. The molecule has 29 heavy (non-hydrogen) atoms. The number of hydrogen-bond donors (Lipinski definition) is 3. The standard InChI is InChI=1S/C22H24N4O3/c23-20-11-15(9-10-24-20)5-1-4-8-21(27)26-19(13-22(28)29)17-12-16-6-2-3-7-18(16)25-14-17/h2-3,6-7,9-12,14,19H,1,4-5,8,13H2,(H2,23,24)(H,26,27)(H,28,29). The number of nitrogen functional groups attached to an aromatic ring is 1. The van der Waals surface area contributed by atoms with E-state index in [-0.39, 0.29) is 12.3 Å². The normalized spacial score (nSPS) is 11.9. The lowest BCUT2D eigenvalue weighted by Crippen LogP contribution is -2.30. The van der Waals surface area contributed by atoms with Gasteiger partial charge in [0.1, 0.15) is 5.82 Å². The van der Waals surface area contributed by atoms with Crippen LogP contribution in [0.5, 0.6) is 0 Å². The molecule has 1 amide bonds. The fourth-order valence-electron chi connectivity index (χ4n) is 3.24. The van der Waals surface area contributed by atoms with Crippen molar-refractivity contribution in [3.05, 3.63) is 66.0 Å². The number of rotatable bonds is 9. The van der Waals surface area contributed by atoms with Crippen molar-refractivity contribution < 1.29 is 14.7 Å². The number of benzene rings is 1. The minimum Gasteiger partial charge on any atom is -0.481 e. The summed E-state index contributed by atoms with van der Waals surface area (Å²) in [5.41, 5.74) is 8.27. The largest absolute Gasteiger partial charge is 0.481 e. The molecule has 1 aromatic carbocycles. The lowest BCUT2D eigenvalue weighted by Gasteiger charge is -2.18. The maximum atomic E-state index is 12.4. The Bertz CT molecular complexity index is 1010. The molecule has 0 aliphatic carbocycles. The molecular weight excluding hydrogens is 368 g/mol. The van der Waals surface area contributed by atoms with Gasteiger partial charge in [-0.05, 0) is 54.7 Å². The van der Waals surface area contributed by atoms with E-state index in [1.165, 1.54) is 0 Å². The topological polar surface area (TPSA) is 118 Å². The number of fused-ring (bicyclic) bond motifs is 1. The third-order valence-electron chi connectivity index (χ3n) is 4.69. The average molecular weight is 392 g/mol. The van der Waals surface area contributed by atoms with Crippen molar-refractivity contribution in [3.63, 3.8) is 0 Å². The first-order chi connectivity index (χ1) is 14.0. The second-order valence-corrected chi connectivity index (χ2v) is 6.98. The monoisotopic (exact) mass is 392 g/mol. The second-order valence-electron chi connectivity index (χ2n) is 6.98. The number of carboxylic acid groups (broad SMARTS) is 1. The van der Waals surface area contributed by atoms with Gasteiger partial charge in [-0.3, -0.25) is 14.6 Å². The predicted molar refractivity (Wildman–Crippen MR) is 111 cm³/mol. The number of anilines is 1. The van der Waals surface area contributed by atoms with Gasteiger partial charge in [0.15, 0.2) is 0 Å². The Balaban J connectivity index is 1.57. The number of hydrogen-bond acceptors (Lipinski definition) is 5. The minimum atomic E-state index is -0.973. The van der Waals surface area contributed by atoms with Gasteiger partial charge < -0.3 is 16.2 Å². The number of aromatic nitrogens is 2. The van der Waals surface area contributed by atoms with Crippen LogP contribution in [0.15, 0.2) is 54.9 Å². The minimum absolute atomic E-state index is 0.168. The smallest absolute Gasteiger partial charge is 0.305 e. The van der Waals surface area contributed by atoms with E-state index in [0.29, 0.717) is 24.2 Å². The Morgan fingerprint density at radius 3 is 2.72 bits per heavy atom. The van der Waals surface area contributed by atoms with Crippen molar-refractivity contribution in [1.29, 1.82) is 0 Å². The molecule has 2 heterocycles. The van der Waals surface area contributed by atoms with Crippen LogP contribution in [0.4, 0.5) is 5.82 Å². The Morgan fingerprint density at radius 1 is 1.10 bits per heavy atom. The third kappa shape index (κ3) is 6.00. The molecule has 4 N–H and O–H groups in total. The van der Waals surface area contributed by atoms with Crippen LogP contribution in [-0.2, 0) is 16.0 Å². The number of nitrogens with zero attached hydrogens (tertiary/aromatic N) is 2. The van der Waals surface area contributed by atoms with E-state index < -0.39 is 12.0 Å². The van der Waals surface area contributed by atoms with Gasteiger partial charge in [0, 0.05) is 24.2 Å². The molecule has 0 spiro atoms. The van der Waals surface area contributed by atoms with Crippen LogP contribution in [0.2, 0.25) is 0 Å². The van der Waals surface area contributed by atoms with Gasteiger partial charge in [0.05, 0.1) is 18.0 Å². The van der Waals surface area contributed by atoms with E-state index >= 15 is 0 Å². The van der Waals surface area contributed by atoms with Crippen LogP contribution < -0.4 is 11.1 Å². The Kier molecular flexibility index (Phi) is 6.73.